The minimum atomic E-state index is -0.136. The Balaban J connectivity index is 2.06. The summed E-state index contributed by atoms with van der Waals surface area (Å²) in [6, 6.07) is 3.55. The lowest BCUT2D eigenvalue weighted by atomic mass is 10.1. The lowest BCUT2D eigenvalue weighted by Crippen LogP contribution is -2.42. The average molecular weight is 331 g/mol. The van der Waals surface area contributed by atoms with E-state index in [1.807, 2.05) is 32.9 Å². The highest BCUT2D eigenvalue weighted by atomic mass is 16.5. The molecule has 0 saturated carbocycles. The molecule has 7 heteroatoms. The van der Waals surface area contributed by atoms with Crippen molar-refractivity contribution in [1.82, 2.24) is 25.4 Å². The molecule has 7 nitrogen and oxygen atoms in total. The second-order valence-electron chi connectivity index (χ2n) is 5.79. The van der Waals surface area contributed by atoms with Gasteiger partial charge >= 0.3 is 6.03 Å². The van der Waals surface area contributed by atoms with Crippen molar-refractivity contribution in [1.29, 1.82) is 0 Å². The van der Waals surface area contributed by atoms with Gasteiger partial charge in [-0.15, -0.1) is 0 Å². The summed E-state index contributed by atoms with van der Waals surface area (Å²) in [4.78, 5) is 18.5. The van der Waals surface area contributed by atoms with E-state index < -0.39 is 0 Å². The van der Waals surface area contributed by atoms with Crippen LogP contribution in [0.15, 0.2) is 24.5 Å². The van der Waals surface area contributed by atoms with Crippen LogP contribution in [0.5, 0.6) is 0 Å². The first-order valence-electron chi connectivity index (χ1n) is 7.97. The maximum atomic E-state index is 12.7. The van der Waals surface area contributed by atoms with E-state index in [0.717, 1.165) is 22.5 Å². The van der Waals surface area contributed by atoms with E-state index in [9.17, 15) is 4.79 Å². The molecule has 2 aromatic rings. The Morgan fingerprint density at radius 3 is 2.83 bits per heavy atom. The first kappa shape index (κ1) is 17.9. The molecule has 2 aromatic heterocycles. The van der Waals surface area contributed by atoms with E-state index >= 15 is 0 Å². The summed E-state index contributed by atoms with van der Waals surface area (Å²) in [6.07, 6.45) is 3.48. The van der Waals surface area contributed by atoms with Crippen molar-refractivity contribution in [2.45, 2.75) is 33.4 Å². The van der Waals surface area contributed by atoms with Gasteiger partial charge in [-0.05, 0) is 32.4 Å². The zero-order valence-corrected chi connectivity index (χ0v) is 14.7. The first-order valence-corrected chi connectivity index (χ1v) is 7.97. The van der Waals surface area contributed by atoms with E-state index in [1.165, 1.54) is 0 Å². The first-order chi connectivity index (χ1) is 11.5. The standard InChI is InChI=1S/C17H25N5O2/c1-12(16-13(2)20-21-14(16)3)19-17(23)22(8-9-24-4)11-15-6-5-7-18-10-15/h5-7,10,12H,8-9,11H2,1-4H3,(H,19,23)(H,20,21)/t12-/m0/s1. The summed E-state index contributed by atoms with van der Waals surface area (Å²) in [5, 5.41) is 10.2. The molecular weight excluding hydrogens is 306 g/mol. The number of urea groups is 1. The summed E-state index contributed by atoms with van der Waals surface area (Å²) < 4.78 is 5.12. The van der Waals surface area contributed by atoms with Crippen LogP contribution >= 0.6 is 0 Å². The Morgan fingerprint density at radius 2 is 2.25 bits per heavy atom. The van der Waals surface area contributed by atoms with Crippen LogP contribution in [0.25, 0.3) is 0 Å². The fourth-order valence-corrected chi connectivity index (χ4v) is 2.71. The van der Waals surface area contributed by atoms with Crippen molar-refractivity contribution >= 4 is 6.03 Å². The maximum Gasteiger partial charge on any atom is 0.318 e. The van der Waals surface area contributed by atoms with Gasteiger partial charge in [0.1, 0.15) is 0 Å². The van der Waals surface area contributed by atoms with Gasteiger partial charge in [0.2, 0.25) is 0 Å². The number of amides is 2. The molecule has 0 bridgehead atoms. The van der Waals surface area contributed by atoms with Crippen molar-refractivity contribution in [3.8, 4) is 0 Å². The number of H-pyrrole nitrogens is 1. The summed E-state index contributed by atoms with van der Waals surface area (Å²) in [6.45, 7) is 7.32. The highest BCUT2D eigenvalue weighted by Gasteiger charge is 2.20. The van der Waals surface area contributed by atoms with Crippen LogP contribution < -0.4 is 5.32 Å². The third-order valence-corrected chi connectivity index (χ3v) is 3.91. The van der Waals surface area contributed by atoms with Crippen molar-refractivity contribution < 1.29 is 9.53 Å². The van der Waals surface area contributed by atoms with Gasteiger partial charge in [-0.3, -0.25) is 10.1 Å². The maximum absolute atomic E-state index is 12.7. The van der Waals surface area contributed by atoms with Crippen LogP contribution in [-0.4, -0.2) is 46.4 Å². The van der Waals surface area contributed by atoms with Gasteiger partial charge in [0.15, 0.2) is 0 Å². The Bertz CT molecular complexity index is 637. The van der Waals surface area contributed by atoms with Crippen molar-refractivity contribution in [2.24, 2.45) is 0 Å². The van der Waals surface area contributed by atoms with Gasteiger partial charge in [0.25, 0.3) is 0 Å². The smallest absolute Gasteiger partial charge is 0.318 e. The lowest BCUT2D eigenvalue weighted by molar-refractivity contribution is 0.145. The number of nitrogens with zero attached hydrogens (tertiary/aromatic N) is 3. The number of methoxy groups -OCH3 is 1. The van der Waals surface area contributed by atoms with Crippen LogP contribution in [0.3, 0.4) is 0 Å². The molecule has 0 aliphatic carbocycles. The molecule has 0 unspecified atom stereocenters. The molecule has 0 saturated heterocycles. The van der Waals surface area contributed by atoms with Crippen LogP contribution in [0.4, 0.5) is 4.79 Å². The average Bonchev–Trinajstić information content (AvgIpc) is 2.91. The second-order valence-corrected chi connectivity index (χ2v) is 5.79. The number of hydrogen-bond donors (Lipinski definition) is 2. The summed E-state index contributed by atoms with van der Waals surface area (Å²) in [7, 11) is 1.63. The van der Waals surface area contributed by atoms with Gasteiger partial charge in [-0.25, -0.2) is 4.79 Å². The minimum absolute atomic E-state index is 0.129. The largest absolute Gasteiger partial charge is 0.383 e. The van der Waals surface area contributed by atoms with Gasteiger partial charge in [0, 0.05) is 43.9 Å². The van der Waals surface area contributed by atoms with E-state index in [-0.39, 0.29) is 12.1 Å². The number of hydrogen-bond acceptors (Lipinski definition) is 4. The fourth-order valence-electron chi connectivity index (χ4n) is 2.71. The molecule has 2 rings (SSSR count). The Kier molecular flexibility index (Phi) is 6.31. The summed E-state index contributed by atoms with van der Waals surface area (Å²) in [5.74, 6) is 0. The molecule has 0 spiro atoms. The predicted octanol–water partition coefficient (Wildman–Crippen LogP) is 2.34. The second kappa shape index (κ2) is 8.44. The highest BCUT2D eigenvalue weighted by Crippen LogP contribution is 2.19. The predicted molar refractivity (Wildman–Crippen MR) is 91.5 cm³/mol. The molecule has 2 amide bonds. The van der Waals surface area contributed by atoms with Crippen LogP contribution in [0, 0.1) is 13.8 Å². The number of ether oxygens (including phenoxy) is 1. The van der Waals surface area contributed by atoms with Crippen LogP contribution in [-0.2, 0) is 11.3 Å². The van der Waals surface area contributed by atoms with Crippen LogP contribution in [0.2, 0.25) is 0 Å². The van der Waals surface area contributed by atoms with Crippen molar-refractivity contribution in [2.75, 3.05) is 20.3 Å². The molecule has 0 radical (unpaired) electrons. The topological polar surface area (TPSA) is 83.1 Å². The number of pyridine rings is 1. The van der Waals surface area contributed by atoms with Crippen LogP contribution in [0.1, 0.15) is 35.5 Å². The van der Waals surface area contributed by atoms with Gasteiger partial charge in [-0.1, -0.05) is 6.07 Å². The normalized spacial score (nSPS) is 12.0. The Hall–Kier alpha value is -2.41. The lowest BCUT2D eigenvalue weighted by Gasteiger charge is -2.25. The molecule has 2 heterocycles. The van der Waals surface area contributed by atoms with E-state index in [4.69, 9.17) is 4.74 Å². The summed E-state index contributed by atoms with van der Waals surface area (Å²) in [5.41, 5.74) is 3.87. The molecule has 0 aromatic carbocycles. The monoisotopic (exact) mass is 331 g/mol. The third kappa shape index (κ3) is 4.55. The number of aryl methyl sites for hydroxylation is 2. The van der Waals surface area contributed by atoms with E-state index in [0.29, 0.717) is 19.7 Å². The Labute approximate surface area is 142 Å². The minimum Gasteiger partial charge on any atom is -0.383 e. The van der Waals surface area contributed by atoms with Gasteiger partial charge in [0.05, 0.1) is 18.3 Å². The SMILES string of the molecule is COCCN(Cc1cccnc1)C(=O)N[C@@H](C)c1c(C)n[nH]c1C. The van der Waals surface area contributed by atoms with E-state index in [2.05, 4.69) is 20.5 Å². The van der Waals surface area contributed by atoms with E-state index in [1.54, 1.807) is 24.4 Å². The fraction of sp³-hybridized carbons (Fsp3) is 0.471. The highest BCUT2D eigenvalue weighted by molar-refractivity contribution is 5.74. The summed E-state index contributed by atoms with van der Waals surface area (Å²) >= 11 is 0. The zero-order chi connectivity index (χ0) is 17.5. The Morgan fingerprint density at radius 1 is 1.46 bits per heavy atom. The molecule has 2 N–H and O–H groups in total. The molecule has 0 aliphatic heterocycles. The molecule has 24 heavy (non-hydrogen) atoms. The number of aromatic amines is 1. The number of rotatable bonds is 7. The number of nitrogens with one attached hydrogen (secondary N) is 2. The van der Waals surface area contributed by atoms with Crippen molar-refractivity contribution in [3.05, 3.63) is 47.0 Å². The zero-order valence-electron chi connectivity index (χ0n) is 14.7. The van der Waals surface area contributed by atoms with Gasteiger partial charge in [-0.2, -0.15) is 5.10 Å². The third-order valence-electron chi connectivity index (χ3n) is 3.91. The molecule has 0 fully saturated rings. The number of carbonyl (C=O) groups excluding carboxylic acids is 1. The number of carbonyl (C=O) groups is 1. The van der Waals surface area contributed by atoms with Crippen molar-refractivity contribution in [3.63, 3.8) is 0 Å². The molecule has 1 atom stereocenters. The number of aromatic nitrogens is 3. The quantitative estimate of drug-likeness (QED) is 0.816. The van der Waals surface area contributed by atoms with Gasteiger partial charge < -0.3 is 15.0 Å². The molecule has 130 valence electrons. The molecule has 0 aliphatic rings. The molecular formula is C17H25N5O2.